The fourth-order valence-corrected chi connectivity index (χ4v) is 5.36. The highest BCUT2D eigenvalue weighted by Crippen LogP contribution is 2.39. The topological polar surface area (TPSA) is 88.4 Å². The Morgan fingerprint density at radius 3 is 2.40 bits per heavy atom. The maximum Gasteiger partial charge on any atom is 0.416 e. The molecule has 0 radical (unpaired) electrons. The highest BCUT2D eigenvalue weighted by Gasteiger charge is 2.33. The van der Waals surface area contributed by atoms with Crippen LogP contribution in [0, 0.1) is 11.8 Å². The normalized spacial score (nSPS) is 14.1. The molecule has 1 aliphatic rings. The van der Waals surface area contributed by atoms with Crippen LogP contribution in [0.4, 0.5) is 13.2 Å². The van der Waals surface area contributed by atoms with E-state index in [0.717, 1.165) is 30.5 Å². The first kappa shape index (κ1) is 29.4. The summed E-state index contributed by atoms with van der Waals surface area (Å²) in [6.07, 6.45) is -1.66. The number of carbonyl (C=O) groups excluding carboxylic acids is 2. The molecule has 6 nitrogen and oxygen atoms in total. The van der Waals surface area contributed by atoms with Gasteiger partial charge in [0.15, 0.2) is 5.78 Å². The molecule has 0 unspecified atom stereocenters. The van der Waals surface area contributed by atoms with E-state index in [9.17, 15) is 27.6 Å². The Morgan fingerprint density at radius 2 is 1.74 bits per heavy atom. The zero-order chi connectivity index (χ0) is 30.0. The lowest BCUT2D eigenvalue weighted by molar-refractivity contribution is -0.138. The number of halogens is 4. The lowest BCUT2D eigenvalue weighted by Crippen LogP contribution is -2.26. The van der Waals surface area contributed by atoms with Crippen molar-refractivity contribution in [3.05, 3.63) is 100 Å². The average Bonchev–Trinajstić information content (AvgIpc) is 3.69. The molecule has 4 aromatic rings. The Kier molecular flexibility index (Phi) is 8.41. The van der Waals surface area contributed by atoms with Gasteiger partial charge in [-0.15, -0.1) is 0 Å². The van der Waals surface area contributed by atoms with Gasteiger partial charge in [-0.2, -0.15) is 13.2 Å². The van der Waals surface area contributed by atoms with Crippen molar-refractivity contribution >= 4 is 40.2 Å². The number of alkyl halides is 3. The number of carbonyl (C=O) groups is 3. The number of carboxylic acid groups (broad SMARTS) is 1. The van der Waals surface area contributed by atoms with Crippen LogP contribution < -0.4 is 5.32 Å². The van der Waals surface area contributed by atoms with Gasteiger partial charge in [-0.05, 0) is 78.9 Å². The van der Waals surface area contributed by atoms with Gasteiger partial charge in [0.2, 0.25) is 0 Å². The fraction of sp³-hybridized carbons (Fsp3) is 0.281. The van der Waals surface area contributed by atoms with Crippen LogP contribution in [0.3, 0.4) is 0 Å². The predicted octanol–water partition coefficient (Wildman–Crippen LogP) is 7.35. The second-order valence-electron chi connectivity index (χ2n) is 10.7. The highest BCUT2D eigenvalue weighted by molar-refractivity contribution is 6.31. The molecule has 3 aromatic carbocycles. The van der Waals surface area contributed by atoms with Gasteiger partial charge in [0.1, 0.15) is 0 Å². The molecule has 0 bridgehead atoms. The monoisotopic (exact) mass is 596 g/mol. The smallest absolute Gasteiger partial charge is 0.416 e. The lowest BCUT2D eigenvalue weighted by atomic mass is 9.88. The van der Waals surface area contributed by atoms with Gasteiger partial charge < -0.3 is 15.0 Å². The number of amides is 1. The van der Waals surface area contributed by atoms with Crippen LogP contribution in [-0.2, 0) is 17.4 Å². The van der Waals surface area contributed by atoms with Crippen molar-refractivity contribution in [3.63, 3.8) is 0 Å². The van der Waals surface area contributed by atoms with Crippen LogP contribution in [0.2, 0.25) is 5.02 Å². The Hall–Kier alpha value is -4.11. The van der Waals surface area contributed by atoms with Crippen molar-refractivity contribution in [3.8, 4) is 5.69 Å². The van der Waals surface area contributed by atoms with Crippen molar-refractivity contribution in [2.24, 2.45) is 11.8 Å². The number of carboxylic acids is 1. The van der Waals surface area contributed by atoms with E-state index < -0.39 is 29.5 Å². The molecule has 10 heteroatoms. The van der Waals surface area contributed by atoms with Gasteiger partial charge in [-0.1, -0.05) is 42.6 Å². The Bertz CT molecular complexity index is 1640. The minimum Gasteiger partial charge on any atom is -0.481 e. The number of aliphatic carboxylic acids is 1. The number of hydrogen-bond acceptors (Lipinski definition) is 3. The average molecular weight is 597 g/mol. The van der Waals surface area contributed by atoms with Gasteiger partial charge in [-0.25, -0.2) is 0 Å². The van der Waals surface area contributed by atoms with Crippen molar-refractivity contribution in [2.75, 3.05) is 6.54 Å². The van der Waals surface area contributed by atoms with Gasteiger partial charge in [0, 0.05) is 34.1 Å². The van der Waals surface area contributed by atoms with Crippen LogP contribution in [0.25, 0.3) is 16.6 Å². The first-order valence-electron chi connectivity index (χ1n) is 13.6. The third-order valence-electron chi connectivity index (χ3n) is 7.46. The summed E-state index contributed by atoms with van der Waals surface area (Å²) in [6, 6.07) is 18.4. The number of nitrogens with zero attached hydrogens (tertiary/aromatic N) is 1. The summed E-state index contributed by atoms with van der Waals surface area (Å²) in [6.45, 7) is 0.0129. The molecule has 42 heavy (non-hydrogen) atoms. The Balaban J connectivity index is 1.46. The summed E-state index contributed by atoms with van der Waals surface area (Å²) in [5, 5.41) is 12.4. The summed E-state index contributed by atoms with van der Waals surface area (Å²) in [7, 11) is 0. The van der Waals surface area contributed by atoms with E-state index in [1.165, 1.54) is 6.07 Å². The molecule has 1 aliphatic carbocycles. The molecule has 1 amide bonds. The van der Waals surface area contributed by atoms with Crippen molar-refractivity contribution in [1.29, 1.82) is 0 Å². The van der Waals surface area contributed by atoms with Crippen molar-refractivity contribution in [2.45, 2.75) is 38.3 Å². The molecule has 1 fully saturated rings. The zero-order valence-corrected chi connectivity index (χ0v) is 23.2. The number of fused-ring (bicyclic) bond motifs is 1. The van der Waals surface area contributed by atoms with E-state index in [2.05, 4.69) is 5.32 Å². The Labute approximate surface area is 245 Å². The number of benzene rings is 3. The van der Waals surface area contributed by atoms with Crippen LogP contribution in [-0.4, -0.2) is 33.9 Å². The van der Waals surface area contributed by atoms with Gasteiger partial charge in [0.25, 0.3) is 5.91 Å². The third-order valence-corrected chi connectivity index (χ3v) is 7.69. The Morgan fingerprint density at radius 1 is 1.00 bits per heavy atom. The summed E-state index contributed by atoms with van der Waals surface area (Å²) in [4.78, 5) is 37.2. The number of nitrogens with one attached hydrogen (secondary N) is 1. The maximum atomic E-state index is 14.2. The van der Waals surface area contributed by atoms with Gasteiger partial charge in [0.05, 0.1) is 23.2 Å². The quantitative estimate of drug-likeness (QED) is 0.177. The van der Waals surface area contributed by atoms with E-state index in [0.29, 0.717) is 40.2 Å². The molecule has 1 atom stereocenters. The van der Waals surface area contributed by atoms with E-state index in [1.54, 1.807) is 59.2 Å². The summed E-state index contributed by atoms with van der Waals surface area (Å²) >= 11 is 6.22. The molecule has 5 rings (SSSR count). The second kappa shape index (κ2) is 12.0. The molecule has 1 saturated carbocycles. The molecular weight excluding hydrogens is 569 g/mol. The summed E-state index contributed by atoms with van der Waals surface area (Å²) in [5.41, 5.74) is 1.48. The zero-order valence-electron chi connectivity index (χ0n) is 22.5. The third kappa shape index (κ3) is 6.85. The molecule has 0 saturated heterocycles. The van der Waals surface area contributed by atoms with Crippen LogP contribution >= 0.6 is 11.6 Å². The summed E-state index contributed by atoms with van der Waals surface area (Å²) < 4.78 is 42.3. The van der Waals surface area contributed by atoms with E-state index in [1.807, 2.05) is 0 Å². The molecule has 2 N–H and O–H groups in total. The first-order valence-corrected chi connectivity index (χ1v) is 14.0. The standard InChI is InChI=1S/C32H28ClF3N2O4/c33-25-10-11-27-22(16-25)17-28(38(27)26-3-1-2-24(18-26)32(34,35)36)30(41)23(14-19-4-5-19)15-20-6-8-21(9-7-20)31(42)37-13-12-29(39)40/h1-3,6-11,16-19,23H,4-5,12-15H2,(H,37,42)(H,39,40)/t23-/m1/s1. The number of hydrogen-bond donors (Lipinski definition) is 2. The van der Waals surface area contributed by atoms with E-state index >= 15 is 0 Å². The largest absolute Gasteiger partial charge is 0.481 e. The number of aromatic nitrogens is 1. The minimum absolute atomic E-state index is 0.0129. The lowest BCUT2D eigenvalue weighted by Gasteiger charge is -2.19. The molecule has 1 heterocycles. The molecule has 1 aromatic heterocycles. The second-order valence-corrected chi connectivity index (χ2v) is 11.1. The highest BCUT2D eigenvalue weighted by atomic mass is 35.5. The van der Waals surface area contributed by atoms with Crippen LogP contribution in [0.15, 0.2) is 72.8 Å². The molecule has 0 spiro atoms. The molecule has 218 valence electrons. The number of ketones is 1. The van der Waals surface area contributed by atoms with Crippen LogP contribution in [0.5, 0.6) is 0 Å². The first-order chi connectivity index (χ1) is 20.0. The van der Waals surface area contributed by atoms with Gasteiger partial charge in [-0.3, -0.25) is 14.4 Å². The van der Waals surface area contributed by atoms with E-state index in [-0.39, 0.29) is 30.1 Å². The van der Waals surface area contributed by atoms with E-state index in [4.69, 9.17) is 16.7 Å². The fourth-order valence-electron chi connectivity index (χ4n) is 5.18. The maximum absolute atomic E-state index is 14.2. The van der Waals surface area contributed by atoms with Crippen LogP contribution in [0.1, 0.15) is 57.7 Å². The summed E-state index contributed by atoms with van der Waals surface area (Å²) in [5.74, 6) is -1.61. The number of Topliss-reactive ketones (excluding diaryl/α,β-unsaturated/α-hetero) is 1. The van der Waals surface area contributed by atoms with Crippen molar-refractivity contribution in [1.82, 2.24) is 9.88 Å². The minimum atomic E-state index is -4.54. The number of rotatable bonds is 11. The van der Waals surface area contributed by atoms with Gasteiger partial charge >= 0.3 is 12.1 Å². The van der Waals surface area contributed by atoms with Crippen molar-refractivity contribution < 1.29 is 32.7 Å². The SMILES string of the molecule is O=C(O)CCNC(=O)c1ccc(C[C@@H](CC2CC2)C(=O)c2cc3cc(Cl)ccc3n2-c2cccc(C(F)(F)F)c2)cc1. The molecule has 0 aliphatic heterocycles. The molecular formula is C32H28ClF3N2O4. The predicted molar refractivity (Wildman–Crippen MR) is 153 cm³/mol.